The Morgan fingerprint density at radius 3 is 2.43 bits per heavy atom. The van der Waals surface area contributed by atoms with Crippen LogP contribution in [-0.4, -0.2) is 54.5 Å². The summed E-state index contributed by atoms with van der Waals surface area (Å²) >= 11 is 0. The maximum absolute atomic E-state index is 11.6. The summed E-state index contributed by atoms with van der Waals surface area (Å²) in [4.78, 5) is 41.6. The second-order valence-electron chi connectivity index (χ2n) is 4.35. The largest absolute Gasteiger partial charge is 1.00 e. The van der Waals surface area contributed by atoms with E-state index in [4.69, 9.17) is 14.5 Å². The molecule has 0 bridgehead atoms. The summed E-state index contributed by atoms with van der Waals surface area (Å²) in [7, 11) is -4.76. The van der Waals surface area contributed by atoms with E-state index in [1.165, 1.54) is 0 Å². The summed E-state index contributed by atoms with van der Waals surface area (Å²) in [5, 5.41) is 19.6. The number of aliphatic hydroxyl groups excluding tert-OH is 2. The molecule has 14 heteroatoms. The molecule has 1 saturated heterocycles. The molecule has 122 valence electrons. The van der Waals surface area contributed by atoms with Gasteiger partial charge >= 0.3 is 72.6 Å². The van der Waals surface area contributed by atoms with Gasteiger partial charge in [-0.3, -0.25) is 18.9 Å². The van der Waals surface area contributed by atoms with Crippen LogP contribution in [0.5, 0.6) is 0 Å². The maximum Gasteiger partial charge on any atom is 1.00 e. The molecule has 1 fully saturated rings. The van der Waals surface area contributed by atoms with Crippen LogP contribution in [0.3, 0.4) is 0 Å². The van der Waals surface area contributed by atoms with Crippen LogP contribution in [0, 0.1) is 0 Å². The second-order valence-corrected chi connectivity index (χ2v) is 5.59. The first-order chi connectivity index (χ1) is 9.69. The van der Waals surface area contributed by atoms with Crippen LogP contribution in [0.15, 0.2) is 21.9 Å². The number of H-pyrrole nitrogens is 1. The van der Waals surface area contributed by atoms with Gasteiger partial charge in [0, 0.05) is 12.3 Å². The zero-order valence-electron chi connectivity index (χ0n) is 14.4. The van der Waals surface area contributed by atoms with Gasteiger partial charge in [0.25, 0.3) is 5.56 Å². The van der Waals surface area contributed by atoms with E-state index in [1.807, 2.05) is 4.98 Å². The van der Waals surface area contributed by atoms with Crippen molar-refractivity contribution in [2.75, 3.05) is 6.61 Å². The third-order valence-electron chi connectivity index (χ3n) is 2.87. The number of ether oxygens (including phenoxy) is 1. The van der Waals surface area contributed by atoms with E-state index in [0.717, 1.165) is 16.8 Å². The number of phosphoric acid groups is 1. The predicted octanol–water partition coefficient (Wildman–Crippen LogP) is -8.50. The van der Waals surface area contributed by atoms with Gasteiger partial charge in [-0.05, 0) is 0 Å². The SMILES string of the molecule is O=c1ccn([C@H]2O[C@@H](COP(=O)(O)O)[C@H](O)[C@@H]2O)c(=O)[nH]1.[H-].[H-].[Na+].[Na+]. The molecule has 2 rings (SSSR count). The fourth-order valence-electron chi connectivity index (χ4n) is 1.89. The van der Waals surface area contributed by atoms with Crippen LogP contribution in [0.4, 0.5) is 0 Å². The Labute approximate surface area is 176 Å². The molecule has 0 radical (unpaired) electrons. The minimum absolute atomic E-state index is 0. The Bertz CT molecular complexity index is 684. The summed E-state index contributed by atoms with van der Waals surface area (Å²) in [5.41, 5.74) is -1.51. The van der Waals surface area contributed by atoms with E-state index in [1.54, 1.807) is 0 Å². The van der Waals surface area contributed by atoms with Crippen LogP contribution < -0.4 is 70.4 Å². The van der Waals surface area contributed by atoms with E-state index >= 15 is 0 Å². The van der Waals surface area contributed by atoms with E-state index in [0.29, 0.717) is 0 Å². The molecular formula is C9H15N2Na2O9P. The van der Waals surface area contributed by atoms with E-state index in [9.17, 15) is 24.4 Å². The van der Waals surface area contributed by atoms with Crippen LogP contribution in [-0.2, 0) is 13.8 Å². The number of rotatable bonds is 4. The third kappa shape index (κ3) is 6.15. The number of aromatic nitrogens is 2. The number of aliphatic hydroxyl groups is 2. The van der Waals surface area contributed by atoms with Gasteiger partial charge in [-0.1, -0.05) is 0 Å². The molecule has 0 aliphatic carbocycles. The van der Waals surface area contributed by atoms with Crippen LogP contribution in [0.25, 0.3) is 0 Å². The van der Waals surface area contributed by atoms with E-state index < -0.39 is 50.2 Å². The third-order valence-corrected chi connectivity index (χ3v) is 3.35. The topological polar surface area (TPSA) is 171 Å². The minimum atomic E-state index is -4.76. The standard InChI is InChI=1S/C9H13N2O9P.2Na.2H/c12-5-1-2-11(9(15)10-5)8-7(14)6(13)4(20-8)3-19-21(16,17)18;;;;/h1-2,4,6-8,13-14H,3H2,(H,10,12,15)(H2,16,17,18);;;;/q;2*+1;2*-1/t4-,6-,7-,8-;;;;/m0..../s1. The van der Waals surface area contributed by atoms with Crippen molar-refractivity contribution in [3.63, 3.8) is 0 Å². The first-order valence-corrected chi connectivity index (χ1v) is 7.25. The molecular weight excluding hydrogens is 357 g/mol. The zero-order chi connectivity index (χ0) is 15.8. The van der Waals surface area contributed by atoms with Gasteiger partial charge in [-0.2, -0.15) is 0 Å². The Morgan fingerprint density at radius 1 is 1.30 bits per heavy atom. The number of hydrogen-bond acceptors (Lipinski definition) is 7. The molecule has 11 nitrogen and oxygen atoms in total. The maximum atomic E-state index is 11.6. The monoisotopic (exact) mass is 372 g/mol. The number of aromatic amines is 1. The number of nitrogens with zero attached hydrogens (tertiary/aromatic N) is 1. The van der Waals surface area contributed by atoms with Gasteiger partial charge in [-0.15, -0.1) is 0 Å². The summed E-state index contributed by atoms with van der Waals surface area (Å²) < 4.78 is 20.8. The molecule has 0 saturated carbocycles. The van der Waals surface area contributed by atoms with E-state index in [-0.39, 0.29) is 62.0 Å². The first-order valence-electron chi connectivity index (χ1n) is 5.72. The molecule has 1 aromatic heterocycles. The van der Waals surface area contributed by atoms with Crippen molar-refractivity contribution >= 4 is 7.82 Å². The first kappa shape index (κ1) is 23.7. The summed E-state index contributed by atoms with van der Waals surface area (Å²) in [6.07, 6.45) is -4.58. The molecule has 1 aromatic rings. The van der Waals surface area contributed by atoms with Crippen LogP contribution in [0.2, 0.25) is 0 Å². The summed E-state index contributed by atoms with van der Waals surface area (Å²) in [6.45, 7) is -0.683. The number of phosphoric ester groups is 1. The molecule has 0 unspecified atom stereocenters. The summed E-state index contributed by atoms with van der Waals surface area (Å²) in [5.74, 6) is 0. The molecule has 0 aromatic carbocycles. The smallest absolute Gasteiger partial charge is 1.00 e. The second kappa shape index (κ2) is 9.39. The Kier molecular flexibility index (Phi) is 9.66. The van der Waals surface area contributed by atoms with Gasteiger partial charge in [0.2, 0.25) is 0 Å². The summed E-state index contributed by atoms with van der Waals surface area (Å²) in [6, 6.07) is 1.02. The predicted molar refractivity (Wildman–Crippen MR) is 67.5 cm³/mol. The molecule has 0 spiro atoms. The van der Waals surface area contributed by atoms with Crippen LogP contribution >= 0.6 is 7.82 Å². The number of nitrogens with one attached hydrogen (secondary N) is 1. The Balaban J connectivity index is -0.00000121. The fourth-order valence-corrected chi connectivity index (χ4v) is 2.24. The zero-order valence-corrected chi connectivity index (χ0v) is 17.3. The van der Waals surface area contributed by atoms with E-state index in [2.05, 4.69) is 4.52 Å². The van der Waals surface area contributed by atoms with Crippen LogP contribution in [0.1, 0.15) is 9.08 Å². The molecule has 1 aliphatic rings. The van der Waals surface area contributed by atoms with Gasteiger partial charge < -0.3 is 27.6 Å². The van der Waals surface area contributed by atoms with Crippen molar-refractivity contribution in [2.24, 2.45) is 0 Å². The quantitative estimate of drug-likeness (QED) is 0.254. The molecule has 23 heavy (non-hydrogen) atoms. The Morgan fingerprint density at radius 2 is 1.91 bits per heavy atom. The van der Waals surface area contributed by atoms with Crippen molar-refractivity contribution in [3.05, 3.63) is 33.1 Å². The van der Waals surface area contributed by atoms with Gasteiger partial charge in [0.15, 0.2) is 6.23 Å². The Hall–Kier alpha value is 0.670. The van der Waals surface area contributed by atoms with Crippen molar-refractivity contribution in [1.29, 1.82) is 0 Å². The minimum Gasteiger partial charge on any atom is -1.00 e. The molecule has 1 aliphatic heterocycles. The van der Waals surface area contributed by atoms with Crippen molar-refractivity contribution in [2.45, 2.75) is 24.5 Å². The van der Waals surface area contributed by atoms with Crippen molar-refractivity contribution in [1.82, 2.24) is 9.55 Å². The van der Waals surface area contributed by atoms with Gasteiger partial charge in [-0.25, -0.2) is 9.36 Å². The van der Waals surface area contributed by atoms with Crippen molar-refractivity contribution in [3.8, 4) is 0 Å². The normalized spacial score (nSPS) is 27.1. The molecule has 0 amide bonds. The molecule has 2 heterocycles. The number of hydrogen-bond donors (Lipinski definition) is 5. The average Bonchev–Trinajstić information content (AvgIpc) is 2.64. The van der Waals surface area contributed by atoms with Gasteiger partial charge in [0.05, 0.1) is 6.61 Å². The van der Waals surface area contributed by atoms with Gasteiger partial charge in [0.1, 0.15) is 18.3 Å². The molecule has 5 N–H and O–H groups in total. The average molecular weight is 372 g/mol. The fraction of sp³-hybridized carbons (Fsp3) is 0.556. The molecule has 4 atom stereocenters. The van der Waals surface area contributed by atoms with Crippen molar-refractivity contribution < 1.29 is 95.8 Å².